The molecule has 100 valence electrons. The second kappa shape index (κ2) is 6.90. The minimum atomic E-state index is 0.599. The Morgan fingerprint density at radius 1 is 1.11 bits per heavy atom. The number of hydrogen-bond acceptors (Lipinski definition) is 3. The number of nitrogens with zero attached hydrogens (tertiary/aromatic N) is 2. The molecule has 0 atom stereocenters. The van der Waals surface area contributed by atoms with Gasteiger partial charge < -0.3 is 10.6 Å². The van der Waals surface area contributed by atoms with Crippen molar-refractivity contribution in [3.05, 3.63) is 59.9 Å². The zero-order valence-corrected chi connectivity index (χ0v) is 11.4. The van der Waals surface area contributed by atoms with Gasteiger partial charge in [0.25, 0.3) is 0 Å². The highest BCUT2D eigenvalue weighted by Crippen LogP contribution is 2.15. The van der Waals surface area contributed by atoms with Crippen molar-refractivity contribution in [1.82, 2.24) is 4.98 Å². The van der Waals surface area contributed by atoms with E-state index in [4.69, 9.17) is 5.73 Å². The molecule has 1 heterocycles. The van der Waals surface area contributed by atoms with Crippen molar-refractivity contribution in [2.24, 2.45) is 5.73 Å². The van der Waals surface area contributed by atoms with E-state index in [0.717, 1.165) is 19.5 Å². The molecule has 2 aromatic rings. The highest BCUT2D eigenvalue weighted by molar-refractivity contribution is 5.47. The van der Waals surface area contributed by atoms with E-state index in [9.17, 15) is 0 Å². The van der Waals surface area contributed by atoms with Gasteiger partial charge in [-0.15, -0.1) is 0 Å². The number of rotatable bonds is 6. The van der Waals surface area contributed by atoms with E-state index in [1.807, 2.05) is 18.5 Å². The summed E-state index contributed by atoms with van der Waals surface area (Å²) in [6, 6.07) is 12.6. The van der Waals surface area contributed by atoms with Crippen molar-refractivity contribution in [2.45, 2.75) is 19.9 Å². The standard InChI is InChI=1S/C16H21N3/c1-2-19(11-9-15-4-3-10-18-13-15)16-7-5-14(12-17)6-8-16/h3-8,10,13H,2,9,11-12,17H2,1H3. The fourth-order valence-corrected chi connectivity index (χ4v) is 2.12. The first-order valence-corrected chi connectivity index (χ1v) is 6.76. The molecule has 3 heteroatoms. The number of hydrogen-bond donors (Lipinski definition) is 1. The molecule has 0 saturated carbocycles. The van der Waals surface area contributed by atoms with Crippen LogP contribution in [0, 0.1) is 0 Å². The molecule has 1 aromatic carbocycles. The monoisotopic (exact) mass is 255 g/mol. The first kappa shape index (κ1) is 13.6. The van der Waals surface area contributed by atoms with E-state index < -0.39 is 0 Å². The molecule has 2 N–H and O–H groups in total. The van der Waals surface area contributed by atoms with Crippen molar-refractivity contribution < 1.29 is 0 Å². The third kappa shape index (κ3) is 3.80. The molecule has 0 saturated heterocycles. The Kier molecular flexibility index (Phi) is 4.93. The minimum absolute atomic E-state index is 0.599. The Bertz CT molecular complexity index is 479. The molecule has 0 bridgehead atoms. The highest BCUT2D eigenvalue weighted by atomic mass is 15.1. The summed E-state index contributed by atoms with van der Waals surface area (Å²) in [7, 11) is 0. The first-order chi connectivity index (χ1) is 9.33. The summed E-state index contributed by atoms with van der Waals surface area (Å²) in [5.74, 6) is 0. The molecule has 0 aliphatic carbocycles. The number of nitrogens with two attached hydrogens (primary N) is 1. The van der Waals surface area contributed by atoms with Crippen LogP contribution < -0.4 is 10.6 Å². The number of pyridine rings is 1. The highest BCUT2D eigenvalue weighted by Gasteiger charge is 2.04. The summed E-state index contributed by atoms with van der Waals surface area (Å²) in [6.45, 7) is 4.79. The van der Waals surface area contributed by atoms with Gasteiger partial charge in [-0.25, -0.2) is 0 Å². The summed E-state index contributed by atoms with van der Waals surface area (Å²) in [5, 5.41) is 0. The van der Waals surface area contributed by atoms with E-state index in [1.54, 1.807) is 0 Å². The number of anilines is 1. The number of benzene rings is 1. The third-order valence-electron chi connectivity index (χ3n) is 3.31. The molecule has 0 amide bonds. The van der Waals surface area contributed by atoms with Crippen molar-refractivity contribution in [2.75, 3.05) is 18.0 Å². The summed E-state index contributed by atoms with van der Waals surface area (Å²) in [6.07, 6.45) is 4.76. The fourth-order valence-electron chi connectivity index (χ4n) is 2.12. The van der Waals surface area contributed by atoms with Crippen LogP contribution in [0.25, 0.3) is 0 Å². The second-order valence-electron chi connectivity index (χ2n) is 4.56. The van der Waals surface area contributed by atoms with Crippen molar-refractivity contribution in [3.63, 3.8) is 0 Å². The normalized spacial score (nSPS) is 10.4. The summed E-state index contributed by atoms with van der Waals surface area (Å²) in [4.78, 5) is 6.52. The lowest BCUT2D eigenvalue weighted by Crippen LogP contribution is -2.25. The van der Waals surface area contributed by atoms with Crippen molar-refractivity contribution >= 4 is 5.69 Å². The lowest BCUT2D eigenvalue weighted by atomic mass is 10.1. The second-order valence-corrected chi connectivity index (χ2v) is 4.56. The average Bonchev–Trinajstić information content (AvgIpc) is 2.49. The van der Waals surface area contributed by atoms with Gasteiger partial charge in [0.2, 0.25) is 0 Å². The lowest BCUT2D eigenvalue weighted by molar-refractivity contribution is 0.806. The van der Waals surface area contributed by atoms with Crippen LogP contribution in [0.1, 0.15) is 18.1 Å². The van der Waals surface area contributed by atoms with Crippen molar-refractivity contribution in [3.8, 4) is 0 Å². The molecule has 19 heavy (non-hydrogen) atoms. The zero-order chi connectivity index (χ0) is 13.5. The zero-order valence-electron chi connectivity index (χ0n) is 11.4. The molecular weight excluding hydrogens is 234 g/mol. The molecule has 3 nitrogen and oxygen atoms in total. The lowest BCUT2D eigenvalue weighted by Gasteiger charge is -2.23. The summed E-state index contributed by atoms with van der Waals surface area (Å²) < 4.78 is 0. The van der Waals surface area contributed by atoms with E-state index in [2.05, 4.69) is 47.1 Å². The van der Waals surface area contributed by atoms with E-state index in [0.29, 0.717) is 6.54 Å². The van der Waals surface area contributed by atoms with Crippen LogP contribution in [0.5, 0.6) is 0 Å². The largest absolute Gasteiger partial charge is 0.371 e. The predicted molar refractivity (Wildman–Crippen MR) is 80.2 cm³/mol. The SMILES string of the molecule is CCN(CCc1cccnc1)c1ccc(CN)cc1. The van der Waals surface area contributed by atoms with E-state index >= 15 is 0 Å². The average molecular weight is 255 g/mol. The molecule has 0 unspecified atom stereocenters. The van der Waals surface area contributed by atoms with Crippen molar-refractivity contribution in [1.29, 1.82) is 0 Å². The van der Waals surface area contributed by atoms with Gasteiger partial charge in [-0.1, -0.05) is 18.2 Å². The molecule has 0 aliphatic heterocycles. The van der Waals surface area contributed by atoms with Crippen LogP contribution in [0.2, 0.25) is 0 Å². The first-order valence-electron chi connectivity index (χ1n) is 6.76. The van der Waals surface area contributed by atoms with Gasteiger partial charge in [-0.3, -0.25) is 4.98 Å². The van der Waals surface area contributed by atoms with Crippen LogP contribution in [-0.4, -0.2) is 18.1 Å². The van der Waals surface area contributed by atoms with Gasteiger partial charge in [-0.05, 0) is 42.7 Å². The maximum atomic E-state index is 5.62. The maximum absolute atomic E-state index is 5.62. The van der Waals surface area contributed by atoms with Gasteiger partial charge in [0.1, 0.15) is 0 Å². The minimum Gasteiger partial charge on any atom is -0.371 e. The number of likely N-dealkylation sites (N-methyl/N-ethyl adjacent to an activating group) is 1. The number of aromatic nitrogens is 1. The molecular formula is C16H21N3. The molecule has 0 spiro atoms. The Morgan fingerprint density at radius 2 is 1.89 bits per heavy atom. The van der Waals surface area contributed by atoms with Gasteiger partial charge >= 0.3 is 0 Å². The smallest absolute Gasteiger partial charge is 0.0366 e. The van der Waals surface area contributed by atoms with Gasteiger partial charge in [-0.2, -0.15) is 0 Å². The topological polar surface area (TPSA) is 42.2 Å². The van der Waals surface area contributed by atoms with Crippen LogP contribution in [-0.2, 0) is 13.0 Å². The molecule has 0 radical (unpaired) electrons. The Balaban J connectivity index is 1.99. The molecule has 2 rings (SSSR count). The van der Waals surface area contributed by atoms with Crippen LogP contribution in [0.3, 0.4) is 0 Å². The van der Waals surface area contributed by atoms with Gasteiger partial charge in [0.15, 0.2) is 0 Å². The molecule has 0 fully saturated rings. The summed E-state index contributed by atoms with van der Waals surface area (Å²) in [5.41, 5.74) is 9.33. The Labute approximate surface area is 115 Å². The van der Waals surface area contributed by atoms with Crippen LogP contribution >= 0.6 is 0 Å². The maximum Gasteiger partial charge on any atom is 0.0366 e. The predicted octanol–water partition coefficient (Wildman–Crippen LogP) is 2.61. The van der Waals surface area contributed by atoms with Crippen LogP contribution in [0.15, 0.2) is 48.8 Å². The molecule has 0 aliphatic rings. The fraction of sp³-hybridized carbons (Fsp3) is 0.312. The van der Waals surface area contributed by atoms with Gasteiger partial charge in [0.05, 0.1) is 0 Å². The van der Waals surface area contributed by atoms with Crippen LogP contribution in [0.4, 0.5) is 5.69 Å². The summed E-state index contributed by atoms with van der Waals surface area (Å²) >= 11 is 0. The molecule has 1 aromatic heterocycles. The Hall–Kier alpha value is -1.87. The van der Waals surface area contributed by atoms with Gasteiger partial charge in [0, 0.05) is 37.7 Å². The Morgan fingerprint density at radius 3 is 2.47 bits per heavy atom. The quantitative estimate of drug-likeness (QED) is 0.862. The third-order valence-corrected chi connectivity index (χ3v) is 3.31. The van der Waals surface area contributed by atoms with E-state index in [-0.39, 0.29) is 0 Å². The van der Waals surface area contributed by atoms with E-state index in [1.165, 1.54) is 16.8 Å².